The highest BCUT2D eigenvalue weighted by molar-refractivity contribution is 6.13. The van der Waals surface area contributed by atoms with Crippen LogP contribution in [0, 0.1) is 0 Å². The monoisotopic (exact) mass is 689 g/mol. The van der Waals surface area contributed by atoms with E-state index >= 15 is 0 Å². The largest absolute Gasteiger partial charge is 0.394 e. The molecule has 3 aromatic heterocycles. The topological polar surface area (TPSA) is 20.9 Å². The number of rotatable bonds is 0. The van der Waals surface area contributed by atoms with Gasteiger partial charge in [0.2, 0.25) is 6.20 Å². The Balaban J connectivity index is 1.24. The highest BCUT2D eigenvalue weighted by Gasteiger charge is 2.72. The molecular weight excluding hydrogens is 659 g/mol. The highest BCUT2D eigenvalue weighted by atomic mass is 15.5. The fraction of sp³-hybridized carbons (Fsp3) is 0.102. The van der Waals surface area contributed by atoms with Crippen molar-refractivity contribution >= 4 is 39.0 Å². The summed E-state index contributed by atoms with van der Waals surface area (Å²) in [5.74, 6) is 1.25. The van der Waals surface area contributed by atoms with Crippen LogP contribution in [0.2, 0.25) is 0 Å². The third-order valence-electron chi connectivity index (χ3n) is 14.3. The van der Waals surface area contributed by atoms with Crippen LogP contribution in [-0.4, -0.2) is 9.25 Å². The molecule has 1 atom stereocenters. The average Bonchev–Trinajstić information content (AvgIpc) is 3.96. The van der Waals surface area contributed by atoms with E-state index in [0.717, 1.165) is 0 Å². The molecule has 54 heavy (non-hydrogen) atoms. The van der Waals surface area contributed by atoms with Gasteiger partial charge >= 0.3 is 5.66 Å². The van der Waals surface area contributed by atoms with Crippen molar-refractivity contribution < 1.29 is 9.25 Å². The first kappa shape index (κ1) is 27.0. The molecule has 6 aliphatic rings. The Morgan fingerprint density at radius 3 is 2.07 bits per heavy atom. The van der Waals surface area contributed by atoms with E-state index in [2.05, 4.69) is 189 Å². The maximum Gasteiger partial charge on any atom is 0.394 e. The molecule has 0 N–H and O–H groups in total. The molecule has 0 radical (unpaired) electrons. The molecule has 0 bridgehead atoms. The SMILES string of the molecule is CC1(C)c2cccc3c2N2c4c1ccc1c4C4(c5c(ccc6c7ccccc7n-1c56)-n1ccc[n+]14)[n+]1cccc(c12)C31c2ccccc2-c2ccccc21. The van der Waals surface area contributed by atoms with Gasteiger partial charge in [0.05, 0.1) is 40.1 Å². The first-order valence-electron chi connectivity index (χ1n) is 19.1. The smallest absolute Gasteiger partial charge is 0.307 e. The minimum Gasteiger partial charge on any atom is -0.307 e. The van der Waals surface area contributed by atoms with E-state index in [1.54, 1.807) is 0 Å². The molecule has 6 aromatic carbocycles. The van der Waals surface area contributed by atoms with Crippen LogP contribution < -0.4 is 14.1 Å². The molecule has 250 valence electrons. The van der Waals surface area contributed by atoms with E-state index in [-0.39, 0.29) is 5.41 Å². The van der Waals surface area contributed by atoms with Gasteiger partial charge in [-0.2, -0.15) is 9.47 Å². The van der Waals surface area contributed by atoms with Crippen molar-refractivity contribution in [2.45, 2.75) is 30.3 Å². The molecule has 0 amide bonds. The van der Waals surface area contributed by atoms with Gasteiger partial charge in [-0.15, -0.1) is 4.68 Å². The molecule has 5 nitrogen and oxygen atoms in total. The van der Waals surface area contributed by atoms with Crippen molar-refractivity contribution in [1.29, 1.82) is 0 Å². The number of para-hydroxylation sites is 2. The maximum atomic E-state index is 2.70. The summed E-state index contributed by atoms with van der Waals surface area (Å²) in [5.41, 5.74) is 19.8. The summed E-state index contributed by atoms with van der Waals surface area (Å²) in [5, 5.41) is 2.59. The van der Waals surface area contributed by atoms with Crippen LogP contribution >= 0.6 is 0 Å². The van der Waals surface area contributed by atoms with Crippen molar-refractivity contribution in [1.82, 2.24) is 9.25 Å². The van der Waals surface area contributed by atoms with Gasteiger partial charge in [-0.1, -0.05) is 110 Å². The van der Waals surface area contributed by atoms with Crippen LogP contribution in [0.1, 0.15) is 58.4 Å². The van der Waals surface area contributed by atoms with Gasteiger partial charge in [0, 0.05) is 38.9 Å². The molecule has 8 heterocycles. The molecule has 0 saturated carbocycles. The first-order chi connectivity index (χ1) is 26.6. The third kappa shape index (κ3) is 2.35. The van der Waals surface area contributed by atoms with Crippen LogP contribution in [-0.2, 0) is 16.5 Å². The summed E-state index contributed by atoms with van der Waals surface area (Å²) < 4.78 is 10.2. The zero-order valence-electron chi connectivity index (χ0n) is 29.7. The van der Waals surface area contributed by atoms with Gasteiger partial charge in [0.15, 0.2) is 5.69 Å². The maximum absolute atomic E-state index is 2.70. The zero-order chi connectivity index (χ0) is 35.0. The Bertz CT molecular complexity index is 3290. The Morgan fingerprint density at radius 1 is 0.519 bits per heavy atom. The molecule has 1 unspecified atom stereocenters. The number of aromatic nitrogens is 4. The van der Waals surface area contributed by atoms with Gasteiger partial charge in [-0.25, -0.2) is 0 Å². The van der Waals surface area contributed by atoms with Crippen LogP contribution in [0.4, 0.5) is 17.2 Å². The summed E-state index contributed by atoms with van der Waals surface area (Å²) in [6.45, 7) is 4.90. The van der Waals surface area contributed by atoms with Crippen LogP contribution in [0.15, 0.2) is 152 Å². The molecule has 0 saturated heterocycles. The number of benzene rings is 6. The Morgan fingerprint density at radius 2 is 1.22 bits per heavy atom. The van der Waals surface area contributed by atoms with E-state index < -0.39 is 11.1 Å². The number of pyridine rings is 1. The van der Waals surface area contributed by atoms with Gasteiger partial charge in [0.1, 0.15) is 22.5 Å². The van der Waals surface area contributed by atoms with E-state index in [0.29, 0.717) is 0 Å². The normalized spacial score (nSPS) is 19.3. The summed E-state index contributed by atoms with van der Waals surface area (Å²) in [7, 11) is 0. The number of hydrogen-bond acceptors (Lipinski definition) is 1. The molecular formula is C49H31N5+2. The Kier molecular flexibility index (Phi) is 4.04. The quantitative estimate of drug-likeness (QED) is 0.146. The van der Waals surface area contributed by atoms with Crippen molar-refractivity contribution in [3.05, 3.63) is 197 Å². The van der Waals surface area contributed by atoms with E-state index in [1.165, 1.54) is 106 Å². The number of nitrogens with zero attached hydrogens (tertiary/aromatic N) is 5. The van der Waals surface area contributed by atoms with Gasteiger partial charge in [0.25, 0.3) is 5.82 Å². The van der Waals surface area contributed by atoms with Crippen LogP contribution in [0.25, 0.3) is 44.3 Å². The molecule has 0 fully saturated rings. The molecule has 15 rings (SSSR count). The van der Waals surface area contributed by atoms with Crippen molar-refractivity contribution in [2.24, 2.45) is 0 Å². The second kappa shape index (κ2) is 8.09. The van der Waals surface area contributed by atoms with Crippen molar-refractivity contribution in [3.63, 3.8) is 0 Å². The summed E-state index contributed by atoms with van der Waals surface area (Å²) in [6.07, 6.45) is 6.93. The van der Waals surface area contributed by atoms with E-state index in [1.807, 2.05) is 0 Å². The second-order valence-electron chi connectivity index (χ2n) is 16.5. The molecule has 2 spiro atoms. The third-order valence-corrected chi connectivity index (χ3v) is 14.3. The number of hydrogen-bond donors (Lipinski definition) is 0. The van der Waals surface area contributed by atoms with Crippen LogP contribution in [0.3, 0.4) is 0 Å². The lowest BCUT2D eigenvalue weighted by Crippen LogP contribution is -2.78. The van der Waals surface area contributed by atoms with Gasteiger partial charge in [-0.3, -0.25) is 0 Å². The lowest BCUT2D eigenvalue weighted by molar-refractivity contribution is -0.991. The summed E-state index contributed by atoms with van der Waals surface area (Å²) in [4.78, 5) is 2.70. The standard InChI is InChI=1S/C49H31N5/c1-47(2)34-17-9-18-36-44(34)54-45-35(47)22-24-40-42(45)49(41-39(51-26-11-27-52(49)51)23-21-31-30-14-5-8-20-38(30)53(40)43(31)41)50-25-10-19-37(46(50)54)48(36)32-15-6-3-12-28(32)29-13-4-7-16-33(29)48/h3-27H,1-2H3/q+2. The van der Waals surface area contributed by atoms with E-state index in [4.69, 9.17) is 0 Å². The lowest BCUT2D eigenvalue weighted by Gasteiger charge is -2.50. The number of fused-ring (bicyclic) bond motifs is 13. The first-order valence-corrected chi connectivity index (χ1v) is 19.1. The van der Waals surface area contributed by atoms with Gasteiger partial charge in [-0.05, 0) is 58.7 Å². The molecule has 1 aliphatic carbocycles. The number of anilines is 3. The molecule has 9 aromatic rings. The second-order valence-corrected chi connectivity index (χ2v) is 16.5. The fourth-order valence-corrected chi connectivity index (χ4v) is 12.5. The molecule has 5 aliphatic heterocycles. The van der Waals surface area contributed by atoms with Gasteiger partial charge < -0.3 is 4.57 Å². The fourth-order valence-electron chi connectivity index (χ4n) is 12.5. The Hall–Kier alpha value is -6.72. The van der Waals surface area contributed by atoms with Crippen molar-refractivity contribution in [3.8, 4) is 22.5 Å². The predicted octanol–water partition coefficient (Wildman–Crippen LogP) is 9.17. The zero-order valence-corrected chi connectivity index (χ0v) is 29.7. The summed E-state index contributed by atoms with van der Waals surface area (Å²) >= 11 is 0. The average molecular weight is 690 g/mol. The van der Waals surface area contributed by atoms with E-state index in [9.17, 15) is 0 Å². The van der Waals surface area contributed by atoms with Crippen LogP contribution in [0.5, 0.6) is 0 Å². The highest BCUT2D eigenvalue weighted by Crippen LogP contribution is 2.69. The summed E-state index contributed by atoms with van der Waals surface area (Å²) in [6, 6.07) is 51.1. The predicted molar refractivity (Wildman–Crippen MR) is 210 cm³/mol. The minimum atomic E-state index is -0.677. The van der Waals surface area contributed by atoms with Crippen molar-refractivity contribution in [2.75, 3.05) is 4.90 Å². The Labute approximate surface area is 310 Å². The molecule has 5 heteroatoms. The lowest BCUT2D eigenvalue weighted by atomic mass is 9.60. The minimum absolute atomic E-state index is 0.264.